The smallest absolute Gasteiger partial charge is 0.251 e. The predicted octanol–water partition coefficient (Wildman–Crippen LogP) is 1.84. The van der Waals surface area contributed by atoms with Gasteiger partial charge < -0.3 is 15.5 Å². The van der Waals surface area contributed by atoms with Crippen molar-refractivity contribution in [2.75, 3.05) is 44.2 Å². The fourth-order valence-corrected chi connectivity index (χ4v) is 3.72. The van der Waals surface area contributed by atoms with Crippen LogP contribution in [0.15, 0.2) is 48.5 Å². The van der Waals surface area contributed by atoms with Crippen LogP contribution in [0.5, 0.6) is 0 Å². The molecule has 0 radical (unpaired) electrons. The number of piperazine rings is 1. The minimum Gasteiger partial charge on any atom is -0.363 e. The Morgan fingerprint density at radius 3 is 2.46 bits per heavy atom. The lowest BCUT2D eigenvalue weighted by molar-refractivity contribution is 0.0947. The van der Waals surface area contributed by atoms with Crippen molar-refractivity contribution in [2.45, 2.75) is 13.1 Å². The highest BCUT2D eigenvalue weighted by Crippen LogP contribution is 2.28. The number of carbonyl (C=O) groups is 1. The maximum Gasteiger partial charge on any atom is 0.251 e. The Bertz CT molecular complexity index is 745. The van der Waals surface area contributed by atoms with E-state index >= 15 is 0 Å². The van der Waals surface area contributed by atoms with Crippen molar-refractivity contribution in [1.82, 2.24) is 15.5 Å². The number of hydrogen-bond donors (Lipinski definition) is 2. The predicted molar refractivity (Wildman–Crippen MR) is 104 cm³/mol. The van der Waals surface area contributed by atoms with Crippen molar-refractivity contribution in [3.05, 3.63) is 65.2 Å². The van der Waals surface area contributed by atoms with Gasteiger partial charge in [-0.15, -0.1) is 0 Å². The van der Waals surface area contributed by atoms with Gasteiger partial charge in [0, 0.05) is 63.6 Å². The first-order chi connectivity index (χ1) is 12.8. The van der Waals surface area contributed by atoms with Gasteiger partial charge in [0.05, 0.1) is 0 Å². The SMILES string of the molecule is O=C(NCCN1CCNCC1)c1cccc(N2Cc3ccccc3C2)c1. The molecule has 2 aromatic carbocycles. The van der Waals surface area contributed by atoms with Gasteiger partial charge in [-0.25, -0.2) is 0 Å². The minimum absolute atomic E-state index is 0.0127. The lowest BCUT2D eigenvalue weighted by Gasteiger charge is -2.27. The second kappa shape index (κ2) is 7.89. The summed E-state index contributed by atoms with van der Waals surface area (Å²) in [5.74, 6) is 0.0127. The van der Waals surface area contributed by atoms with Gasteiger partial charge in [-0.05, 0) is 29.3 Å². The lowest BCUT2D eigenvalue weighted by atomic mass is 10.1. The van der Waals surface area contributed by atoms with E-state index < -0.39 is 0 Å². The average Bonchev–Trinajstić information content (AvgIpc) is 3.13. The molecule has 0 aliphatic carbocycles. The van der Waals surface area contributed by atoms with E-state index in [2.05, 4.69) is 50.8 Å². The van der Waals surface area contributed by atoms with Crippen molar-refractivity contribution in [3.8, 4) is 0 Å². The lowest BCUT2D eigenvalue weighted by Crippen LogP contribution is -2.46. The number of anilines is 1. The molecule has 2 heterocycles. The van der Waals surface area contributed by atoms with E-state index in [-0.39, 0.29) is 5.91 Å². The summed E-state index contributed by atoms with van der Waals surface area (Å²) in [7, 11) is 0. The van der Waals surface area contributed by atoms with Gasteiger partial charge in [-0.1, -0.05) is 30.3 Å². The van der Waals surface area contributed by atoms with Crippen LogP contribution < -0.4 is 15.5 Å². The molecule has 2 N–H and O–H groups in total. The van der Waals surface area contributed by atoms with Gasteiger partial charge in [-0.2, -0.15) is 0 Å². The molecule has 136 valence electrons. The van der Waals surface area contributed by atoms with Gasteiger partial charge >= 0.3 is 0 Å². The Labute approximate surface area is 155 Å². The van der Waals surface area contributed by atoms with Crippen LogP contribution in [0.1, 0.15) is 21.5 Å². The molecule has 1 saturated heterocycles. The van der Waals surface area contributed by atoms with E-state index in [9.17, 15) is 4.79 Å². The van der Waals surface area contributed by atoms with Crippen LogP contribution in [0.2, 0.25) is 0 Å². The van der Waals surface area contributed by atoms with Crippen LogP contribution in [-0.4, -0.2) is 50.1 Å². The van der Waals surface area contributed by atoms with Crippen molar-refractivity contribution >= 4 is 11.6 Å². The van der Waals surface area contributed by atoms with E-state index in [4.69, 9.17) is 0 Å². The molecule has 26 heavy (non-hydrogen) atoms. The van der Waals surface area contributed by atoms with E-state index in [0.29, 0.717) is 6.54 Å². The summed E-state index contributed by atoms with van der Waals surface area (Å²) in [6.45, 7) is 7.60. The molecule has 1 amide bonds. The summed E-state index contributed by atoms with van der Waals surface area (Å²) in [5, 5.41) is 6.41. The standard InChI is InChI=1S/C21H26N4O/c26-21(23-10-13-24-11-8-22-9-12-24)17-6-3-7-20(14-17)25-15-18-4-1-2-5-19(18)16-25/h1-7,14,22H,8-13,15-16H2,(H,23,26). The zero-order valence-corrected chi connectivity index (χ0v) is 15.1. The Morgan fingerprint density at radius 1 is 1.00 bits per heavy atom. The molecule has 2 aliphatic rings. The van der Waals surface area contributed by atoms with Crippen LogP contribution in [0.25, 0.3) is 0 Å². The van der Waals surface area contributed by atoms with Crippen LogP contribution in [-0.2, 0) is 13.1 Å². The highest BCUT2D eigenvalue weighted by molar-refractivity contribution is 5.95. The van der Waals surface area contributed by atoms with E-state index in [1.165, 1.54) is 11.1 Å². The van der Waals surface area contributed by atoms with Crippen LogP contribution >= 0.6 is 0 Å². The molecule has 1 fully saturated rings. The average molecular weight is 350 g/mol. The van der Waals surface area contributed by atoms with Crippen molar-refractivity contribution in [3.63, 3.8) is 0 Å². The Kier molecular flexibility index (Phi) is 5.18. The van der Waals surface area contributed by atoms with Crippen LogP contribution in [0.3, 0.4) is 0 Å². The molecular formula is C21H26N4O. The number of amides is 1. The van der Waals surface area contributed by atoms with E-state index in [0.717, 1.165) is 57.1 Å². The molecule has 0 unspecified atom stereocenters. The summed E-state index contributed by atoms with van der Waals surface area (Å²) in [6.07, 6.45) is 0. The fourth-order valence-electron chi connectivity index (χ4n) is 3.72. The van der Waals surface area contributed by atoms with Crippen LogP contribution in [0.4, 0.5) is 5.69 Å². The Hall–Kier alpha value is -2.37. The molecule has 0 aromatic heterocycles. The van der Waals surface area contributed by atoms with Gasteiger partial charge in [0.15, 0.2) is 0 Å². The summed E-state index contributed by atoms with van der Waals surface area (Å²) < 4.78 is 0. The Balaban J connectivity index is 1.34. The van der Waals surface area contributed by atoms with Crippen molar-refractivity contribution in [2.24, 2.45) is 0 Å². The topological polar surface area (TPSA) is 47.6 Å². The van der Waals surface area contributed by atoms with Gasteiger partial charge in [0.2, 0.25) is 0 Å². The monoisotopic (exact) mass is 350 g/mol. The largest absolute Gasteiger partial charge is 0.363 e. The third-order valence-electron chi connectivity index (χ3n) is 5.24. The highest BCUT2D eigenvalue weighted by atomic mass is 16.1. The number of fused-ring (bicyclic) bond motifs is 1. The molecule has 2 aliphatic heterocycles. The zero-order chi connectivity index (χ0) is 17.8. The molecule has 5 heteroatoms. The van der Waals surface area contributed by atoms with E-state index in [1.807, 2.05) is 18.2 Å². The molecule has 2 aromatic rings. The second-order valence-electron chi connectivity index (χ2n) is 7.02. The normalized spacial score (nSPS) is 17.2. The quantitative estimate of drug-likeness (QED) is 0.864. The molecule has 5 nitrogen and oxygen atoms in total. The summed E-state index contributed by atoms with van der Waals surface area (Å²) in [4.78, 5) is 17.2. The van der Waals surface area contributed by atoms with Gasteiger partial charge in [0.1, 0.15) is 0 Å². The van der Waals surface area contributed by atoms with Crippen LogP contribution in [0, 0.1) is 0 Å². The first kappa shape index (κ1) is 17.1. The minimum atomic E-state index is 0.0127. The first-order valence-electron chi connectivity index (χ1n) is 9.43. The summed E-state index contributed by atoms with van der Waals surface area (Å²) >= 11 is 0. The Morgan fingerprint density at radius 2 is 1.73 bits per heavy atom. The third kappa shape index (κ3) is 3.89. The number of carbonyl (C=O) groups excluding carboxylic acids is 1. The third-order valence-corrected chi connectivity index (χ3v) is 5.24. The number of hydrogen-bond acceptors (Lipinski definition) is 4. The number of benzene rings is 2. The van der Waals surface area contributed by atoms with Gasteiger partial charge in [0.25, 0.3) is 5.91 Å². The highest BCUT2D eigenvalue weighted by Gasteiger charge is 2.19. The maximum atomic E-state index is 12.5. The number of nitrogens with one attached hydrogen (secondary N) is 2. The maximum absolute atomic E-state index is 12.5. The van der Waals surface area contributed by atoms with Crippen molar-refractivity contribution in [1.29, 1.82) is 0 Å². The molecule has 0 spiro atoms. The zero-order valence-electron chi connectivity index (χ0n) is 15.1. The fraction of sp³-hybridized carbons (Fsp3) is 0.381. The number of rotatable bonds is 5. The van der Waals surface area contributed by atoms with Crippen molar-refractivity contribution < 1.29 is 4.79 Å². The van der Waals surface area contributed by atoms with Gasteiger partial charge in [-0.3, -0.25) is 9.69 Å². The summed E-state index contributed by atoms with van der Waals surface area (Å²) in [6, 6.07) is 16.5. The van der Waals surface area contributed by atoms with E-state index in [1.54, 1.807) is 0 Å². The second-order valence-corrected chi connectivity index (χ2v) is 7.02. The molecule has 0 bridgehead atoms. The number of nitrogens with zero attached hydrogens (tertiary/aromatic N) is 2. The molecular weight excluding hydrogens is 324 g/mol. The first-order valence-corrected chi connectivity index (χ1v) is 9.43. The summed E-state index contributed by atoms with van der Waals surface area (Å²) in [5.41, 5.74) is 4.59. The molecule has 0 saturated carbocycles. The molecule has 0 atom stereocenters. The molecule has 4 rings (SSSR count).